The van der Waals surface area contributed by atoms with Crippen molar-refractivity contribution < 1.29 is 0 Å². The number of fused-ring (bicyclic) bond motifs is 3. The van der Waals surface area contributed by atoms with Crippen molar-refractivity contribution in [3.05, 3.63) is 179 Å². The summed E-state index contributed by atoms with van der Waals surface area (Å²) < 4.78 is 2.54. The van der Waals surface area contributed by atoms with E-state index in [0.717, 1.165) is 5.69 Å². The molecule has 2 nitrogen and oxygen atoms in total. The van der Waals surface area contributed by atoms with Crippen molar-refractivity contribution in [2.24, 2.45) is 0 Å². The van der Waals surface area contributed by atoms with Crippen molar-refractivity contribution in [2.75, 3.05) is 4.90 Å². The Morgan fingerprint density at radius 1 is 0.319 bits per heavy atom. The molecule has 0 spiro atoms. The number of aromatic nitrogens is 1. The molecule has 0 aliphatic carbocycles. The summed E-state index contributed by atoms with van der Waals surface area (Å²) in [5.41, 5.74) is 17.7. The van der Waals surface area contributed by atoms with Crippen LogP contribution in [0.3, 0.4) is 0 Å². The molecule has 0 bridgehead atoms. The first-order valence-corrected chi connectivity index (χ1v) is 26.5. The summed E-state index contributed by atoms with van der Waals surface area (Å²) in [6.45, 7) is 41.9. The Kier molecular flexibility index (Phi) is 11.3. The first-order chi connectivity index (χ1) is 33.5. The van der Waals surface area contributed by atoms with Crippen LogP contribution in [0.15, 0.2) is 146 Å². The van der Waals surface area contributed by atoms with Gasteiger partial charge in [-0.25, -0.2) is 0 Å². The Labute approximate surface area is 431 Å². The zero-order valence-corrected chi connectivity index (χ0v) is 46.8. The smallest absolute Gasteiger partial charge is 0.0541 e. The second-order valence-corrected chi connectivity index (χ2v) is 27.3. The summed E-state index contributed by atoms with van der Waals surface area (Å²) in [6, 6.07) is 57.3. The molecule has 2 heteroatoms. The van der Waals surface area contributed by atoms with Gasteiger partial charge in [0.1, 0.15) is 0 Å². The van der Waals surface area contributed by atoms with Crippen molar-refractivity contribution in [3.63, 3.8) is 0 Å². The molecule has 10 aromatic rings. The highest BCUT2D eigenvalue weighted by Gasteiger charge is 2.29. The molecular formula is C70H78N2. The molecular weight excluding hydrogens is 869 g/mol. The van der Waals surface area contributed by atoms with Crippen LogP contribution in [0.2, 0.25) is 0 Å². The molecule has 0 fully saturated rings. The normalized spacial score (nSPS) is 13.4. The minimum absolute atomic E-state index is 0.0269. The Morgan fingerprint density at radius 2 is 0.778 bits per heavy atom. The molecule has 0 saturated heterocycles. The lowest BCUT2D eigenvalue weighted by Gasteiger charge is -2.33. The number of nitrogens with zero attached hydrogens (tertiary/aromatic N) is 2. The van der Waals surface area contributed by atoms with E-state index in [0.29, 0.717) is 0 Å². The van der Waals surface area contributed by atoms with E-state index in [1.54, 1.807) is 0 Å². The lowest BCUT2D eigenvalue weighted by atomic mass is 9.79. The minimum Gasteiger partial charge on any atom is -0.310 e. The molecule has 0 atom stereocenters. The largest absolute Gasteiger partial charge is 0.310 e. The molecule has 0 unspecified atom stereocenters. The quantitative estimate of drug-likeness (QED) is 0.156. The van der Waals surface area contributed by atoms with Crippen molar-refractivity contribution in [1.29, 1.82) is 0 Å². The second-order valence-electron chi connectivity index (χ2n) is 27.3. The molecule has 1 aromatic heterocycles. The zero-order chi connectivity index (χ0) is 51.8. The number of hydrogen-bond donors (Lipinski definition) is 0. The van der Waals surface area contributed by atoms with Gasteiger partial charge in [0.05, 0.1) is 22.4 Å². The van der Waals surface area contributed by atoms with Crippen LogP contribution in [-0.4, -0.2) is 4.57 Å². The van der Waals surface area contributed by atoms with Crippen LogP contribution in [-0.2, 0) is 32.5 Å². The Balaban J connectivity index is 1.27. The molecule has 1 heterocycles. The van der Waals surface area contributed by atoms with Gasteiger partial charge in [-0.3, -0.25) is 0 Å². The zero-order valence-electron chi connectivity index (χ0n) is 46.8. The van der Waals surface area contributed by atoms with Gasteiger partial charge in [0.2, 0.25) is 0 Å². The fourth-order valence-corrected chi connectivity index (χ4v) is 11.1. The average Bonchev–Trinajstić information content (AvgIpc) is 3.62. The van der Waals surface area contributed by atoms with Crippen LogP contribution in [0, 0.1) is 0 Å². The van der Waals surface area contributed by atoms with E-state index >= 15 is 0 Å². The molecule has 0 radical (unpaired) electrons. The van der Waals surface area contributed by atoms with E-state index in [1.165, 1.54) is 116 Å². The third-order valence-electron chi connectivity index (χ3n) is 15.6. The summed E-state index contributed by atoms with van der Waals surface area (Å²) in [7, 11) is 0. The fourth-order valence-electron chi connectivity index (χ4n) is 11.1. The standard InChI is InChI=1S/C70H78N2/c1-65(2,3)46-25-19-43(20-26-46)55-42-51(29-32-58(55)70(16,17)18)71(52-38-49(68(10,11)12)37-50(39-52)69(13,14)15)59-33-23-44-22-31-54-60(34-24-45-21-30-53(59)63(44)64(45)54)72-61-35-27-47(66(4,5)6)40-56(61)57-41-48(67(7,8)9)28-36-62(57)72/h19-42H,1-18H3. The molecule has 0 aliphatic heterocycles. The SMILES string of the molecule is CC(C)(C)c1ccc(-c2cc(N(c3cc(C(C)(C)C)cc(C(C)(C)C)c3)c3ccc4ccc5c(-n6c7ccc(C(C)(C)C)cc7c7cc(C(C)(C)C)ccc76)ccc6ccc3c4c65)ccc2C(C)(C)C)cc1. The van der Waals surface area contributed by atoms with Crippen molar-refractivity contribution in [1.82, 2.24) is 4.57 Å². The summed E-state index contributed by atoms with van der Waals surface area (Å²) in [5, 5.41) is 10.2. The third-order valence-corrected chi connectivity index (χ3v) is 15.6. The van der Waals surface area contributed by atoms with E-state index in [9.17, 15) is 0 Å². The number of hydrogen-bond acceptors (Lipinski definition) is 1. The Hall–Kier alpha value is -6.38. The molecule has 72 heavy (non-hydrogen) atoms. The Morgan fingerprint density at radius 3 is 1.28 bits per heavy atom. The molecule has 0 aliphatic rings. The summed E-state index contributed by atoms with van der Waals surface area (Å²) in [6.07, 6.45) is 0. The predicted molar refractivity (Wildman–Crippen MR) is 317 cm³/mol. The van der Waals surface area contributed by atoms with Crippen molar-refractivity contribution in [2.45, 2.75) is 157 Å². The highest BCUT2D eigenvalue weighted by molar-refractivity contribution is 6.27. The summed E-state index contributed by atoms with van der Waals surface area (Å²) in [4.78, 5) is 2.57. The van der Waals surface area contributed by atoms with Crippen LogP contribution in [0.1, 0.15) is 158 Å². The topological polar surface area (TPSA) is 8.17 Å². The lowest BCUT2D eigenvalue weighted by molar-refractivity contribution is 0.568. The summed E-state index contributed by atoms with van der Waals surface area (Å²) >= 11 is 0. The average molecular weight is 947 g/mol. The van der Waals surface area contributed by atoms with Crippen molar-refractivity contribution in [3.8, 4) is 16.8 Å². The maximum absolute atomic E-state index is 2.57. The van der Waals surface area contributed by atoms with E-state index < -0.39 is 0 Å². The summed E-state index contributed by atoms with van der Waals surface area (Å²) in [5.74, 6) is 0. The van der Waals surface area contributed by atoms with E-state index in [2.05, 4.69) is 280 Å². The van der Waals surface area contributed by atoms with Crippen LogP contribution < -0.4 is 4.90 Å². The molecule has 0 saturated carbocycles. The maximum atomic E-state index is 2.57. The van der Waals surface area contributed by atoms with Gasteiger partial charge in [0, 0.05) is 32.9 Å². The van der Waals surface area contributed by atoms with Crippen LogP contribution in [0.5, 0.6) is 0 Å². The Bertz CT molecular complexity index is 3610. The van der Waals surface area contributed by atoms with Gasteiger partial charge in [-0.05, 0) is 159 Å². The van der Waals surface area contributed by atoms with Crippen molar-refractivity contribution >= 4 is 71.2 Å². The van der Waals surface area contributed by atoms with Gasteiger partial charge in [-0.15, -0.1) is 0 Å². The first kappa shape index (κ1) is 49.2. The lowest BCUT2D eigenvalue weighted by Crippen LogP contribution is -2.19. The first-order valence-electron chi connectivity index (χ1n) is 26.5. The van der Waals surface area contributed by atoms with Crippen LogP contribution in [0.4, 0.5) is 17.1 Å². The highest BCUT2D eigenvalue weighted by Crippen LogP contribution is 2.49. The minimum atomic E-state index is -0.0716. The predicted octanol–water partition coefficient (Wildman–Crippen LogP) is 20.6. The van der Waals surface area contributed by atoms with Gasteiger partial charge in [0.15, 0.2) is 0 Å². The van der Waals surface area contributed by atoms with E-state index in [1.807, 2.05) is 0 Å². The van der Waals surface area contributed by atoms with Gasteiger partial charge in [0.25, 0.3) is 0 Å². The van der Waals surface area contributed by atoms with E-state index in [-0.39, 0.29) is 32.5 Å². The molecule has 368 valence electrons. The van der Waals surface area contributed by atoms with Crippen LogP contribution >= 0.6 is 0 Å². The number of benzene rings is 9. The molecule has 0 amide bonds. The highest BCUT2D eigenvalue weighted by atomic mass is 15.1. The van der Waals surface area contributed by atoms with Gasteiger partial charge < -0.3 is 9.47 Å². The number of rotatable bonds is 5. The fraction of sp³-hybridized carbons (Fsp3) is 0.343. The van der Waals surface area contributed by atoms with Gasteiger partial charge >= 0.3 is 0 Å². The monoisotopic (exact) mass is 947 g/mol. The van der Waals surface area contributed by atoms with Crippen LogP contribution in [0.25, 0.3) is 70.9 Å². The molecule has 10 rings (SSSR count). The van der Waals surface area contributed by atoms with E-state index in [4.69, 9.17) is 0 Å². The van der Waals surface area contributed by atoms with Gasteiger partial charge in [-0.1, -0.05) is 210 Å². The second kappa shape index (κ2) is 16.6. The molecule has 9 aromatic carbocycles. The molecule has 0 N–H and O–H groups in total. The number of anilines is 3. The van der Waals surface area contributed by atoms with Gasteiger partial charge in [-0.2, -0.15) is 0 Å². The maximum Gasteiger partial charge on any atom is 0.0541 e. The third kappa shape index (κ3) is 8.57.